The molecule has 6 nitrogen and oxygen atoms in total. The van der Waals surface area contributed by atoms with Gasteiger partial charge in [0.15, 0.2) is 5.78 Å². The summed E-state index contributed by atoms with van der Waals surface area (Å²) in [6, 6.07) is 17.8. The van der Waals surface area contributed by atoms with E-state index in [1.54, 1.807) is 47.7 Å². The second-order valence-corrected chi connectivity index (χ2v) is 7.12. The number of nitrogens with one attached hydrogen (secondary N) is 1. The number of thiophene rings is 1. The third kappa shape index (κ3) is 4.64. The van der Waals surface area contributed by atoms with E-state index >= 15 is 0 Å². The van der Waals surface area contributed by atoms with Crippen molar-refractivity contribution in [3.8, 4) is 11.5 Å². The molecule has 2 heterocycles. The molecule has 0 fully saturated rings. The van der Waals surface area contributed by atoms with Crippen LogP contribution >= 0.6 is 11.3 Å². The number of aryl methyl sites for hydroxylation is 1. The number of rotatable bonds is 7. The number of hydrogen-bond acceptors (Lipinski definition) is 6. The minimum Gasteiger partial charge on any atom is -0.421 e. The Morgan fingerprint density at radius 3 is 2.59 bits per heavy atom. The fourth-order valence-electron chi connectivity index (χ4n) is 2.80. The van der Waals surface area contributed by atoms with Gasteiger partial charge >= 0.3 is 0 Å². The number of carbonyl (C=O) groups is 2. The fourth-order valence-corrected chi connectivity index (χ4v) is 3.43. The summed E-state index contributed by atoms with van der Waals surface area (Å²) in [5.41, 5.74) is 2.57. The fraction of sp³-hybridized carbons (Fsp3) is 0.0909. The second-order valence-electron chi connectivity index (χ2n) is 6.34. The van der Waals surface area contributed by atoms with Crippen molar-refractivity contribution >= 4 is 28.7 Å². The molecule has 0 saturated carbocycles. The quantitative estimate of drug-likeness (QED) is 0.456. The molecule has 0 atom stereocenters. The number of amides is 1. The minimum absolute atomic E-state index is 0.0893. The van der Waals surface area contributed by atoms with E-state index in [0.29, 0.717) is 35.0 Å². The number of aromatic nitrogens is 2. The van der Waals surface area contributed by atoms with Gasteiger partial charge in [-0.1, -0.05) is 42.5 Å². The lowest BCUT2D eigenvalue weighted by molar-refractivity contribution is -0.116. The van der Waals surface area contributed by atoms with Crippen LogP contribution in [0.1, 0.15) is 28.2 Å². The molecule has 2 aromatic heterocycles. The monoisotopic (exact) mass is 403 g/mol. The highest BCUT2D eigenvalue weighted by molar-refractivity contribution is 7.08. The Labute approximate surface area is 171 Å². The molecular weight excluding hydrogens is 386 g/mol. The van der Waals surface area contributed by atoms with Crippen molar-refractivity contribution in [2.75, 3.05) is 5.32 Å². The highest BCUT2D eigenvalue weighted by atomic mass is 32.1. The van der Waals surface area contributed by atoms with Gasteiger partial charge in [-0.2, -0.15) is 11.3 Å². The van der Waals surface area contributed by atoms with Crippen molar-refractivity contribution in [2.45, 2.75) is 12.8 Å². The predicted octanol–water partition coefficient (Wildman–Crippen LogP) is 4.60. The van der Waals surface area contributed by atoms with Gasteiger partial charge in [0.2, 0.25) is 17.7 Å². The van der Waals surface area contributed by atoms with E-state index < -0.39 is 0 Å². The normalized spacial score (nSPS) is 10.6. The van der Waals surface area contributed by atoms with Crippen LogP contribution in [-0.4, -0.2) is 21.9 Å². The van der Waals surface area contributed by atoms with Gasteiger partial charge in [-0.15, -0.1) is 10.2 Å². The van der Waals surface area contributed by atoms with Crippen molar-refractivity contribution in [3.63, 3.8) is 0 Å². The number of carbonyl (C=O) groups excluding carboxylic acids is 2. The summed E-state index contributed by atoms with van der Waals surface area (Å²) in [6.07, 6.45) is 0.535. The third-order valence-electron chi connectivity index (χ3n) is 4.25. The maximum atomic E-state index is 12.6. The Kier molecular flexibility index (Phi) is 5.58. The average Bonchev–Trinajstić information content (AvgIpc) is 3.44. The molecule has 7 heteroatoms. The Morgan fingerprint density at radius 2 is 1.79 bits per heavy atom. The lowest BCUT2D eigenvalue weighted by Crippen LogP contribution is -2.13. The minimum atomic E-state index is -0.190. The van der Waals surface area contributed by atoms with E-state index in [9.17, 15) is 9.59 Å². The van der Waals surface area contributed by atoms with E-state index in [2.05, 4.69) is 15.5 Å². The SMILES string of the molecule is O=C(CCc1nnc(-c2ccsc2)o1)Nc1cccc(C(=O)c2ccccc2)c1. The Hall–Kier alpha value is -3.58. The summed E-state index contributed by atoms with van der Waals surface area (Å²) >= 11 is 1.55. The van der Waals surface area contributed by atoms with Crippen LogP contribution < -0.4 is 5.32 Å². The van der Waals surface area contributed by atoms with Crippen LogP contribution in [0.15, 0.2) is 75.8 Å². The van der Waals surface area contributed by atoms with Crippen LogP contribution in [-0.2, 0) is 11.2 Å². The molecule has 0 bridgehead atoms. The van der Waals surface area contributed by atoms with Gasteiger partial charge < -0.3 is 9.73 Å². The van der Waals surface area contributed by atoms with Gasteiger partial charge in [-0.05, 0) is 23.6 Å². The Morgan fingerprint density at radius 1 is 0.966 bits per heavy atom. The molecule has 2 aromatic carbocycles. The topological polar surface area (TPSA) is 85.1 Å². The Balaban J connectivity index is 1.36. The molecule has 0 saturated heterocycles. The first-order chi connectivity index (χ1) is 14.2. The van der Waals surface area contributed by atoms with Gasteiger partial charge in [0.05, 0.1) is 0 Å². The summed E-state index contributed by atoms with van der Waals surface area (Å²) in [6.45, 7) is 0. The summed E-state index contributed by atoms with van der Waals surface area (Å²) < 4.78 is 5.59. The first-order valence-electron chi connectivity index (χ1n) is 9.03. The smallest absolute Gasteiger partial charge is 0.248 e. The zero-order valence-corrected chi connectivity index (χ0v) is 16.2. The number of hydrogen-bond donors (Lipinski definition) is 1. The van der Waals surface area contributed by atoms with Gasteiger partial charge in [-0.3, -0.25) is 9.59 Å². The van der Waals surface area contributed by atoms with E-state index in [4.69, 9.17) is 4.42 Å². The number of anilines is 1. The summed E-state index contributed by atoms with van der Waals surface area (Å²) in [5.74, 6) is 0.584. The zero-order chi connectivity index (χ0) is 20.1. The van der Waals surface area contributed by atoms with Crippen LogP contribution in [0.25, 0.3) is 11.5 Å². The van der Waals surface area contributed by atoms with Gasteiger partial charge in [-0.25, -0.2) is 0 Å². The van der Waals surface area contributed by atoms with Crippen LogP contribution in [0.5, 0.6) is 0 Å². The molecule has 0 unspecified atom stereocenters. The second kappa shape index (κ2) is 8.62. The van der Waals surface area contributed by atoms with Crippen LogP contribution in [0.4, 0.5) is 5.69 Å². The average molecular weight is 403 g/mol. The lowest BCUT2D eigenvalue weighted by Gasteiger charge is -2.07. The zero-order valence-electron chi connectivity index (χ0n) is 15.4. The number of ketones is 1. The van der Waals surface area contributed by atoms with Crippen molar-refractivity contribution in [3.05, 3.63) is 88.4 Å². The van der Waals surface area contributed by atoms with E-state index in [1.807, 2.05) is 35.0 Å². The summed E-state index contributed by atoms with van der Waals surface area (Å²) in [7, 11) is 0. The molecule has 0 radical (unpaired) electrons. The van der Waals surface area contributed by atoms with Crippen molar-refractivity contribution in [2.24, 2.45) is 0 Å². The summed E-state index contributed by atoms with van der Waals surface area (Å²) in [5, 5.41) is 14.7. The largest absolute Gasteiger partial charge is 0.421 e. The van der Waals surface area contributed by atoms with E-state index in [-0.39, 0.29) is 18.1 Å². The lowest BCUT2D eigenvalue weighted by atomic mass is 10.0. The van der Waals surface area contributed by atoms with Crippen molar-refractivity contribution in [1.82, 2.24) is 10.2 Å². The number of benzene rings is 2. The molecule has 29 heavy (non-hydrogen) atoms. The molecule has 0 spiro atoms. The highest BCUT2D eigenvalue weighted by Crippen LogP contribution is 2.21. The number of nitrogens with zero attached hydrogens (tertiary/aromatic N) is 2. The highest BCUT2D eigenvalue weighted by Gasteiger charge is 2.12. The van der Waals surface area contributed by atoms with Crippen LogP contribution in [0.3, 0.4) is 0 Å². The van der Waals surface area contributed by atoms with Gasteiger partial charge in [0, 0.05) is 40.6 Å². The molecule has 1 amide bonds. The molecule has 0 aliphatic carbocycles. The molecule has 144 valence electrons. The molecule has 0 aliphatic heterocycles. The third-order valence-corrected chi connectivity index (χ3v) is 4.93. The van der Waals surface area contributed by atoms with Crippen LogP contribution in [0, 0.1) is 0 Å². The van der Waals surface area contributed by atoms with Crippen LogP contribution in [0.2, 0.25) is 0 Å². The Bertz CT molecular complexity index is 1120. The molecule has 4 rings (SSSR count). The van der Waals surface area contributed by atoms with Crippen molar-refractivity contribution < 1.29 is 14.0 Å². The maximum absolute atomic E-state index is 12.6. The first kappa shape index (κ1) is 18.8. The maximum Gasteiger partial charge on any atom is 0.248 e. The molecule has 1 N–H and O–H groups in total. The molecule has 0 aliphatic rings. The summed E-state index contributed by atoms with van der Waals surface area (Å²) in [4.78, 5) is 24.8. The van der Waals surface area contributed by atoms with Gasteiger partial charge in [0.1, 0.15) is 0 Å². The first-order valence-corrected chi connectivity index (χ1v) is 9.98. The molecular formula is C22H17N3O3S. The van der Waals surface area contributed by atoms with E-state index in [1.165, 1.54) is 0 Å². The molecule has 4 aromatic rings. The van der Waals surface area contributed by atoms with Crippen molar-refractivity contribution in [1.29, 1.82) is 0 Å². The predicted molar refractivity (Wildman–Crippen MR) is 111 cm³/mol. The van der Waals surface area contributed by atoms with Gasteiger partial charge in [0.25, 0.3) is 0 Å². The standard InChI is InChI=1S/C22H17N3O3S/c26-19(9-10-20-24-25-22(28-20)17-11-12-29-14-17)23-18-8-4-7-16(13-18)21(27)15-5-2-1-3-6-15/h1-8,11-14H,9-10H2,(H,23,26). The van der Waals surface area contributed by atoms with E-state index in [0.717, 1.165) is 5.56 Å².